The number of hydrogen-bond acceptors (Lipinski definition) is 4. The molecule has 2 aromatic rings. The van der Waals surface area contributed by atoms with Gasteiger partial charge in [-0.05, 0) is 102 Å². The summed E-state index contributed by atoms with van der Waals surface area (Å²) >= 11 is 0. The van der Waals surface area contributed by atoms with Crippen LogP contribution in [0.5, 0.6) is 5.75 Å². The van der Waals surface area contributed by atoms with E-state index in [0.717, 1.165) is 118 Å². The fourth-order valence-corrected chi connectivity index (χ4v) is 7.20. The fraction of sp³-hybridized carbons (Fsp3) is 0.600. The summed E-state index contributed by atoms with van der Waals surface area (Å²) in [6, 6.07) is 12.9. The minimum Gasteiger partial charge on any atom is -0.508 e. The van der Waals surface area contributed by atoms with E-state index in [1.54, 1.807) is 18.2 Å². The third-order valence-corrected chi connectivity index (χ3v) is 9.56. The number of unbranched alkanes of at least 4 members (excludes halogenated alkanes) is 3. The minimum atomic E-state index is -0.121. The monoisotopic (exact) mass is 577 g/mol. The van der Waals surface area contributed by atoms with Crippen LogP contribution < -0.4 is 10.6 Å². The summed E-state index contributed by atoms with van der Waals surface area (Å²) in [5.41, 5.74) is 3.87. The Morgan fingerprint density at radius 3 is 2.38 bits per heavy atom. The van der Waals surface area contributed by atoms with Gasteiger partial charge in [0.25, 0.3) is 5.91 Å². The number of benzene rings is 2. The number of anilines is 2. The summed E-state index contributed by atoms with van der Waals surface area (Å²) in [7, 11) is 0. The number of carbonyl (C=O) groups excluding carboxylic acids is 2. The van der Waals surface area contributed by atoms with Gasteiger partial charge >= 0.3 is 0 Å². The molecule has 0 aliphatic carbocycles. The standard InChI is InChI=1S/C35H52N4O3/c1-4-5-23-39(25-12-8-20-32(39)35(42)37-33-27(2)15-13-16-28(33)3)24-11-6-9-21-38-22-10-7-19-31(38)34(41)36-29-17-14-18-30(40)26-29/h13-18,26,31-32H,4-12,19-25H2,1-3H3,(H2-,36,37,40,41,42)/p+1. The van der Waals surface area contributed by atoms with Crippen molar-refractivity contribution in [2.45, 2.75) is 103 Å². The number of rotatable bonds is 13. The first kappa shape index (κ1) is 32.0. The molecule has 2 heterocycles. The van der Waals surface area contributed by atoms with Crippen molar-refractivity contribution >= 4 is 23.2 Å². The average molecular weight is 578 g/mol. The van der Waals surface area contributed by atoms with Crippen molar-refractivity contribution in [1.82, 2.24) is 4.90 Å². The van der Waals surface area contributed by atoms with Crippen LogP contribution in [-0.4, -0.2) is 71.1 Å². The van der Waals surface area contributed by atoms with E-state index in [1.807, 2.05) is 6.07 Å². The van der Waals surface area contributed by atoms with Crippen molar-refractivity contribution in [3.63, 3.8) is 0 Å². The van der Waals surface area contributed by atoms with Gasteiger partial charge in [-0.25, -0.2) is 0 Å². The molecule has 0 aromatic heterocycles. The number of piperidine rings is 2. The van der Waals surface area contributed by atoms with Gasteiger partial charge in [0, 0.05) is 23.9 Å². The van der Waals surface area contributed by atoms with Gasteiger partial charge in [0.15, 0.2) is 6.04 Å². The third kappa shape index (κ3) is 8.35. The lowest BCUT2D eigenvalue weighted by molar-refractivity contribution is -0.947. The summed E-state index contributed by atoms with van der Waals surface area (Å²) in [4.78, 5) is 29.3. The van der Waals surface area contributed by atoms with Crippen molar-refractivity contribution in [2.75, 3.05) is 43.4 Å². The molecule has 7 nitrogen and oxygen atoms in total. The molecular formula is C35H53N4O3+. The van der Waals surface area contributed by atoms with E-state index in [9.17, 15) is 14.7 Å². The van der Waals surface area contributed by atoms with Gasteiger partial charge in [-0.1, -0.05) is 44.0 Å². The summed E-state index contributed by atoms with van der Waals surface area (Å²) in [6.45, 7) is 11.5. The zero-order chi connectivity index (χ0) is 30.0. The van der Waals surface area contributed by atoms with Gasteiger partial charge < -0.3 is 20.2 Å². The Bertz CT molecular complexity index is 1160. The lowest BCUT2D eigenvalue weighted by Gasteiger charge is -2.47. The molecule has 2 amide bonds. The van der Waals surface area contributed by atoms with Gasteiger partial charge in [0.1, 0.15) is 5.75 Å². The highest BCUT2D eigenvalue weighted by molar-refractivity contribution is 5.96. The number of aromatic hydroxyl groups is 1. The number of para-hydroxylation sites is 1. The van der Waals surface area contributed by atoms with E-state index in [0.29, 0.717) is 5.69 Å². The second-order valence-corrected chi connectivity index (χ2v) is 12.7. The van der Waals surface area contributed by atoms with Crippen LogP contribution in [0.1, 0.15) is 88.7 Å². The molecule has 3 atom stereocenters. The molecule has 2 aliphatic heterocycles. The summed E-state index contributed by atoms with van der Waals surface area (Å²) in [6.07, 6.45) is 11.9. The van der Waals surface area contributed by atoms with Crippen LogP contribution >= 0.6 is 0 Å². The Kier molecular flexibility index (Phi) is 11.8. The molecule has 0 spiro atoms. The molecule has 4 rings (SSSR count). The molecule has 230 valence electrons. The average Bonchev–Trinajstić information content (AvgIpc) is 2.98. The highest BCUT2D eigenvalue weighted by atomic mass is 16.3. The van der Waals surface area contributed by atoms with Gasteiger partial charge in [-0.3, -0.25) is 14.5 Å². The number of phenolic OH excluding ortho intramolecular Hbond substituents is 1. The predicted molar refractivity (Wildman–Crippen MR) is 172 cm³/mol. The predicted octanol–water partition coefficient (Wildman–Crippen LogP) is 6.78. The van der Waals surface area contributed by atoms with E-state index >= 15 is 0 Å². The molecule has 2 saturated heterocycles. The Morgan fingerprint density at radius 1 is 0.881 bits per heavy atom. The maximum Gasteiger partial charge on any atom is 0.282 e. The molecule has 42 heavy (non-hydrogen) atoms. The van der Waals surface area contributed by atoms with E-state index < -0.39 is 0 Å². The Morgan fingerprint density at radius 2 is 1.62 bits per heavy atom. The zero-order valence-corrected chi connectivity index (χ0v) is 26.2. The largest absolute Gasteiger partial charge is 0.508 e. The van der Waals surface area contributed by atoms with Crippen molar-refractivity contribution in [2.24, 2.45) is 0 Å². The van der Waals surface area contributed by atoms with Crippen molar-refractivity contribution in [3.05, 3.63) is 53.6 Å². The second-order valence-electron chi connectivity index (χ2n) is 12.7. The lowest BCUT2D eigenvalue weighted by atomic mass is 9.95. The van der Waals surface area contributed by atoms with Crippen LogP contribution in [0.3, 0.4) is 0 Å². The number of amides is 2. The first-order valence-electron chi connectivity index (χ1n) is 16.4. The van der Waals surface area contributed by atoms with Crippen LogP contribution in [0.2, 0.25) is 0 Å². The van der Waals surface area contributed by atoms with Gasteiger partial charge in [-0.2, -0.15) is 0 Å². The Hall–Kier alpha value is -2.90. The molecule has 3 N–H and O–H groups in total. The fourth-order valence-electron chi connectivity index (χ4n) is 7.20. The molecular weight excluding hydrogens is 524 g/mol. The third-order valence-electron chi connectivity index (χ3n) is 9.56. The van der Waals surface area contributed by atoms with E-state index in [2.05, 4.69) is 54.5 Å². The van der Waals surface area contributed by atoms with Crippen LogP contribution in [0, 0.1) is 13.8 Å². The lowest BCUT2D eigenvalue weighted by Crippen LogP contribution is -2.63. The molecule has 2 fully saturated rings. The molecule has 0 saturated carbocycles. The molecule has 2 aromatic carbocycles. The quantitative estimate of drug-likeness (QED) is 0.181. The van der Waals surface area contributed by atoms with Crippen molar-refractivity contribution in [3.8, 4) is 5.75 Å². The summed E-state index contributed by atoms with van der Waals surface area (Å²) < 4.78 is 0.920. The number of hydrogen-bond donors (Lipinski definition) is 3. The molecule has 0 bridgehead atoms. The maximum absolute atomic E-state index is 13.8. The summed E-state index contributed by atoms with van der Waals surface area (Å²) in [5.74, 6) is 0.374. The molecule has 2 aliphatic rings. The van der Waals surface area contributed by atoms with Crippen molar-refractivity contribution < 1.29 is 19.2 Å². The molecule has 7 heteroatoms. The maximum atomic E-state index is 13.8. The van der Waals surface area contributed by atoms with Crippen LogP contribution in [0.25, 0.3) is 0 Å². The normalized spacial score (nSPS) is 22.9. The SMILES string of the molecule is CCCC[N+]1(CCCCCN2CCCCC2C(=O)Nc2cccc(O)c2)CCCCC1C(=O)Nc1c(C)cccc1C. The van der Waals surface area contributed by atoms with Gasteiger partial charge in [-0.15, -0.1) is 0 Å². The van der Waals surface area contributed by atoms with E-state index in [4.69, 9.17) is 0 Å². The topological polar surface area (TPSA) is 81.7 Å². The minimum absolute atomic E-state index is 0.0110. The number of likely N-dealkylation sites (tertiary alicyclic amines) is 2. The second kappa shape index (κ2) is 15.5. The number of aryl methyl sites for hydroxylation is 2. The van der Waals surface area contributed by atoms with Gasteiger partial charge in [0.05, 0.1) is 25.7 Å². The van der Waals surface area contributed by atoms with Crippen LogP contribution in [0.15, 0.2) is 42.5 Å². The number of nitrogens with zero attached hydrogens (tertiary/aromatic N) is 2. The smallest absolute Gasteiger partial charge is 0.282 e. The van der Waals surface area contributed by atoms with Crippen molar-refractivity contribution in [1.29, 1.82) is 0 Å². The van der Waals surface area contributed by atoms with E-state index in [1.165, 1.54) is 6.42 Å². The molecule has 0 radical (unpaired) electrons. The Labute approximate surface area is 253 Å². The number of phenols is 1. The highest BCUT2D eigenvalue weighted by Crippen LogP contribution is 2.30. The first-order chi connectivity index (χ1) is 20.3. The number of nitrogens with one attached hydrogen (secondary N) is 2. The van der Waals surface area contributed by atoms with E-state index in [-0.39, 0.29) is 29.6 Å². The van der Waals surface area contributed by atoms with Crippen LogP contribution in [-0.2, 0) is 9.59 Å². The first-order valence-corrected chi connectivity index (χ1v) is 16.4. The number of quaternary nitrogens is 1. The summed E-state index contributed by atoms with van der Waals surface area (Å²) in [5, 5.41) is 16.1. The Balaban J connectivity index is 1.33. The zero-order valence-electron chi connectivity index (χ0n) is 26.2. The molecule has 3 unspecified atom stereocenters. The number of carbonyl (C=O) groups is 2. The highest BCUT2D eigenvalue weighted by Gasteiger charge is 2.43. The van der Waals surface area contributed by atoms with Gasteiger partial charge in [0.2, 0.25) is 5.91 Å². The van der Waals surface area contributed by atoms with Crippen LogP contribution in [0.4, 0.5) is 11.4 Å².